The molecular formula is C15H17NO6S. The van der Waals surface area contributed by atoms with Crippen molar-refractivity contribution < 1.29 is 29.0 Å². The molecular weight excluding hydrogens is 322 g/mol. The molecule has 1 amide bonds. The number of carbonyl (C=O) groups excluding carboxylic acids is 2. The number of rotatable bonds is 5. The minimum atomic E-state index is -1.20. The number of carboxylic acid groups (broad SMARTS) is 1. The van der Waals surface area contributed by atoms with Gasteiger partial charge in [0.2, 0.25) is 5.91 Å². The van der Waals surface area contributed by atoms with Crippen LogP contribution in [0.3, 0.4) is 0 Å². The Hall–Kier alpha value is -2.22. The van der Waals surface area contributed by atoms with Crippen molar-refractivity contribution in [2.45, 2.75) is 18.6 Å². The lowest BCUT2D eigenvalue weighted by Gasteiger charge is -2.21. The van der Waals surface area contributed by atoms with Gasteiger partial charge in [0.25, 0.3) is 0 Å². The summed E-state index contributed by atoms with van der Waals surface area (Å²) >= 11 is 1.09. The summed E-state index contributed by atoms with van der Waals surface area (Å²) in [7, 11) is 2.80. The summed E-state index contributed by atoms with van der Waals surface area (Å²) in [5.74, 6) is -0.934. The first-order chi connectivity index (χ1) is 10.9. The van der Waals surface area contributed by atoms with E-state index in [1.165, 1.54) is 38.2 Å². The van der Waals surface area contributed by atoms with Gasteiger partial charge in [0, 0.05) is 37.3 Å². The van der Waals surface area contributed by atoms with Crippen LogP contribution in [0, 0.1) is 0 Å². The molecule has 1 atom stereocenters. The molecule has 2 rings (SSSR count). The minimum Gasteiger partial charge on any atom is -0.497 e. The molecule has 1 aromatic rings. The molecule has 0 spiro atoms. The standard InChI is InChI=1S/C15H17NO6S/c1-8(17)23-10-6-13(18)16(7-10)11-4-9(21-2)5-12(22-3)14(11)15(19)20/h4-5,10H,6-7H2,1-3H3,(H,19,20). The highest BCUT2D eigenvalue weighted by Crippen LogP contribution is 2.38. The largest absolute Gasteiger partial charge is 0.497 e. The fraction of sp³-hybridized carbons (Fsp3) is 0.400. The molecule has 0 radical (unpaired) electrons. The van der Waals surface area contributed by atoms with Gasteiger partial charge in [0.05, 0.1) is 19.9 Å². The second kappa shape index (κ2) is 6.91. The summed E-state index contributed by atoms with van der Waals surface area (Å²) in [6, 6.07) is 2.94. The van der Waals surface area contributed by atoms with Gasteiger partial charge in [0.15, 0.2) is 5.12 Å². The predicted octanol–water partition coefficient (Wildman–Crippen LogP) is 1.79. The summed E-state index contributed by atoms with van der Waals surface area (Å²) in [6.45, 7) is 1.70. The van der Waals surface area contributed by atoms with E-state index in [0.29, 0.717) is 5.75 Å². The summed E-state index contributed by atoms with van der Waals surface area (Å²) < 4.78 is 10.3. The summed E-state index contributed by atoms with van der Waals surface area (Å²) in [6.07, 6.45) is 0.183. The highest BCUT2D eigenvalue weighted by molar-refractivity contribution is 8.14. The van der Waals surface area contributed by atoms with Crippen molar-refractivity contribution in [3.63, 3.8) is 0 Å². The topological polar surface area (TPSA) is 93.1 Å². The summed E-state index contributed by atoms with van der Waals surface area (Å²) in [5.41, 5.74) is 0.112. The lowest BCUT2D eigenvalue weighted by atomic mass is 10.1. The normalized spacial score (nSPS) is 17.3. The van der Waals surface area contributed by atoms with Crippen LogP contribution in [0.5, 0.6) is 11.5 Å². The zero-order valence-corrected chi connectivity index (χ0v) is 13.8. The lowest BCUT2D eigenvalue weighted by molar-refractivity contribution is -0.117. The average Bonchev–Trinajstić information content (AvgIpc) is 2.85. The van der Waals surface area contributed by atoms with Gasteiger partial charge in [-0.15, -0.1) is 0 Å². The zero-order valence-electron chi connectivity index (χ0n) is 13.0. The fourth-order valence-corrected chi connectivity index (χ4v) is 3.42. The number of amides is 1. The van der Waals surface area contributed by atoms with Crippen LogP contribution < -0.4 is 14.4 Å². The second-order valence-electron chi connectivity index (χ2n) is 4.97. The third-order valence-corrected chi connectivity index (χ3v) is 4.42. The van der Waals surface area contributed by atoms with E-state index in [1.807, 2.05) is 0 Å². The average molecular weight is 339 g/mol. The molecule has 1 aromatic carbocycles. The number of hydrogen-bond acceptors (Lipinski definition) is 6. The number of methoxy groups -OCH3 is 2. The number of ether oxygens (including phenoxy) is 2. The molecule has 8 heteroatoms. The molecule has 1 heterocycles. The van der Waals surface area contributed by atoms with E-state index in [4.69, 9.17) is 9.47 Å². The maximum absolute atomic E-state index is 12.3. The smallest absolute Gasteiger partial charge is 0.341 e. The molecule has 1 aliphatic rings. The fourth-order valence-electron chi connectivity index (χ4n) is 2.50. The van der Waals surface area contributed by atoms with Crippen LogP contribution in [0.25, 0.3) is 0 Å². The number of nitrogens with zero attached hydrogens (tertiary/aromatic N) is 1. The van der Waals surface area contributed by atoms with Crippen LogP contribution in [-0.2, 0) is 9.59 Å². The van der Waals surface area contributed by atoms with E-state index < -0.39 is 5.97 Å². The number of carbonyl (C=O) groups is 3. The van der Waals surface area contributed by atoms with Crippen LogP contribution in [0.2, 0.25) is 0 Å². The number of benzene rings is 1. The van der Waals surface area contributed by atoms with E-state index in [1.54, 1.807) is 0 Å². The Morgan fingerprint density at radius 3 is 2.52 bits per heavy atom. The first-order valence-corrected chi connectivity index (χ1v) is 7.72. The predicted molar refractivity (Wildman–Crippen MR) is 85.5 cm³/mol. The van der Waals surface area contributed by atoms with Gasteiger partial charge in [-0.2, -0.15) is 0 Å². The Kier molecular flexibility index (Phi) is 5.15. The Labute approximate surface area is 137 Å². The molecule has 0 aliphatic carbocycles. The molecule has 0 aromatic heterocycles. The van der Waals surface area contributed by atoms with Crippen LogP contribution >= 0.6 is 11.8 Å². The third-order valence-electron chi connectivity index (χ3n) is 3.44. The molecule has 1 fully saturated rings. The van der Waals surface area contributed by atoms with Gasteiger partial charge < -0.3 is 19.5 Å². The molecule has 1 N–H and O–H groups in total. The molecule has 1 saturated heterocycles. The molecule has 1 unspecified atom stereocenters. The van der Waals surface area contributed by atoms with Crippen molar-refractivity contribution in [1.29, 1.82) is 0 Å². The van der Waals surface area contributed by atoms with E-state index >= 15 is 0 Å². The van der Waals surface area contributed by atoms with Crippen molar-refractivity contribution in [2.75, 3.05) is 25.7 Å². The number of anilines is 1. The molecule has 124 valence electrons. The monoisotopic (exact) mass is 339 g/mol. The molecule has 0 bridgehead atoms. The highest BCUT2D eigenvalue weighted by atomic mass is 32.2. The third kappa shape index (κ3) is 3.58. The first kappa shape index (κ1) is 17.1. The number of thioether (sulfide) groups is 1. The number of hydrogen-bond donors (Lipinski definition) is 1. The zero-order chi connectivity index (χ0) is 17.1. The van der Waals surface area contributed by atoms with Crippen molar-refractivity contribution in [2.24, 2.45) is 0 Å². The SMILES string of the molecule is COc1cc(OC)c(C(=O)O)c(N2CC(SC(C)=O)CC2=O)c1. The Morgan fingerprint density at radius 1 is 1.30 bits per heavy atom. The van der Waals surface area contributed by atoms with E-state index in [9.17, 15) is 19.5 Å². The molecule has 0 saturated carbocycles. The molecule has 23 heavy (non-hydrogen) atoms. The van der Waals surface area contributed by atoms with Gasteiger partial charge in [-0.05, 0) is 0 Å². The number of carboxylic acids is 1. The maximum atomic E-state index is 12.3. The van der Waals surface area contributed by atoms with E-state index in [-0.39, 0.29) is 46.2 Å². The van der Waals surface area contributed by atoms with E-state index in [0.717, 1.165) is 11.8 Å². The van der Waals surface area contributed by atoms with Crippen molar-refractivity contribution in [3.8, 4) is 11.5 Å². The lowest BCUT2D eigenvalue weighted by Crippen LogP contribution is -2.27. The van der Waals surface area contributed by atoms with Crippen molar-refractivity contribution >= 4 is 34.4 Å². The second-order valence-corrected chi connectivity index (χ2v) is 6.45. The van der Waals surface area contributed by atoms with Gasteiger partial charge in [-0.25, -0.2) is 4.79 Å². The van der Waals surface area contributed by atoms with Gasteiger partial charge in [-0.1, -0.05) is 11.8 Å². The highest BCUT2D eigenvalue weighted by Gasteiger charge is 2.35. The van der Waals surface area contributed by atoms with Gasteiger partial charge in [0.1, 0.15) is 17.1 Å². The van der Waals surface area contributed by atoms with Crippen LogP contribution in [0.15, 0.2) is 12.1 Å². The van der Waals surface area contributed by atoms with Gasteiger partial charge in [-0.3, -0.25) is 9.59 Å². The number of aromatic carboxylic acids is 1. The van der Waals surface area contributed by atoms with E-state index in [2.05, 4.69) is 0 Å². The molecule has 7 nitrogen and oxygen atoms in total. The maximum Gasteiger partial charge on any atom is 0.341 e. The van der Waals surface area contributed by atoms with Gasteiger partial charge >= 0.3 is 5.97 Å². The van der Waals surface area contributed by atoms with Crippen LogP contribution in [0.1, 0.15) is 23.7 Å². The first-order valence-electron chi connectivity index (χ1n) is 6.84. The summed E-state index contributed by atoms with van der Waals surface area (Å²) in [4.78, 5) is 36.5. The van der Waals surface area contributed by atoms with Crippen LogP contribution in [-0.4, -0.2) is 48.1 Å². The Bertz CT molecular complexity index is 660. The molecule has 1 aliphatic heterocycles. The Morgan fingerprint density at radius 2 is 2.00 bits per heavy atom. The summed E-state index contributed by atoms with van der Waals surface area (Å²) in [5, 5.41) is 9.21. The quantitative estimate of drug-likeness (QED) is 0.874. The van der Waals surface area contributed by atoms with Crippen LogP contribution in [0.4, 0.5) is 5.69 Å². The van der Waals surface area contributed by atoms with Crippen molar-refractivity contribution in [1.82, 2.24) is 0 Å². The van der Waals surface area contributed by atoms with Crippen molar-refractivity contribution in [3.05, 3.63) is 17.7 Å². The minimum absolute atomic E-state index is 0.0775. The Balaban J connectivity index is 2.47.